The molecule has 4 aliphatic rings. The van der Waals surface area contributed by atoms with Crippen LogP contribution in [0.5, 0.6) is 0 Å². The van der Waals surface area contributed by atoms with Gasteiger partial charge in [-0.15, -0.1) is 11.8 Å². The van der Waals surface area contributed by atoms with Crippen LogP contribution in [-0.4, -0.2) is 87.7 Å². The van der Waals surface area contributed by atoms with E-state index in [1.165, 1.54) is 47.2 Å². The van der Waals surface area contributed by atoms with E-state index in [1.807, 2.05) is 26.0 Å². The molecule has 0 radical (unpaired) electrons. The van der Waals surface area contributed by atoms with Crippen molar-refractivity contribution in [3.63, 3.8) is 0 Å². The molecule has 4 heterocycles. The zero-order valence-electron chi connectivity index (χ0n) is 28.3. The van der Waals surface area contributed by atoms with Crippen molar-refractivity contribution in [2.24, 2.45) is 23.4 Å². The standard InChI is InChI=1S/C28H40FN5O6S.C4H10.C2H6/c29-16-8-10-17(11-9-16)34(31)14-18(30)20-7-2-1-6-19(26-23(36)22(35)24(37)28(40-26)41-20)33-27(38)21-25-15(13-32-21)5-3-4-12-39-25;1-4(2)3;1-2/h1-2,8-11,14-15,19-26,28,32,35-37H,3-7,12-13,30-31H2,(H,33,38);4H,1-3H3;1-2H3/b2-1-,18-14-;;/t15?,19?,20-,21?,22?,23?,24?,25?,26?,28?;;/m0../s1. The highest BCUT2D eigenvalue weighted by Gasteiger charge is 2.49. The van der Waals surface area contributed by atoms with Crippen molar-refractivity contribution in [3.05, 3.63) is 54.1 Å². The van der Waals surface area contributed by atoms with Crippen LogP contribution >= 0.6 is 11.8 Å². The van der Waals surface area contributed by atoms with Crippen molar-refractivity contribution in [2.75, 3.05) is 18.2 Å². The fraction of sp³-hybridized carbons (Fsp3) is 0.676. The number of carbonyl (C=O) groups is 1. The van der Waals surface area contributed by atoms with E-state index in [2.05, 4.69) is 31.4 Å². The molecule has 266 valence electrons. The Hall–Kier alpha value is -2.23. The molecule has 0 saturated carbocycles. The van der Waals surface area contributed by atoms with Crippen molar-refractivity contribution in [3.8, 4) is 0 Å². The first kappa shape index (κ1) is 39.2. The summed E-state index contributed by atoms with van der Waals surface area (Å²) in [5, 5.41) is 39.7. The second kappa shape index (κ2) is 19.1. The summed E-state index contributed by atoms with van der Waals surface area (Å²) < 4.78 is 25.5. The number of thioether (sulfide) groups is 1. The van der Waals surface area contributed by atoms with Gasteiger partial charge in [0, 0.05) is 25.0 Å². The highest BCUT2D eigenvalue weighted by atomic mass is 32.2. The third-order valence-electron chi connectivity index (χ3n) is 8.28. The maximum absolute atomic E-state index is 13.4. The van der Waals surface area contributed by atoms with E-state index in [0.717, 1.165) is 25.2 Å². The molecular formula is C34H56FN5O6S. The number of aliphatic hydroxyl groups is 3. The van der Waals surface area contributed by atoms with Crippen molar-refractivity contribution < 1.29 is 34.0 Å². The summed E-state index contributed by atoms with van der Waals surface area (Å²) in [5.74, 6) is 6.60. The zero-order valence-corrected chi connectivity index (χ0v) is 29.1. The van der Waals surface area contributed by atoms with Gasteiger partial charge in [-0.1, -0.05) is 53.2 Å². The molecule has 0 aromatic heterocycles. The smallest absolute Gasteiger partial charge is 0.240 e. The number of halogens is 1. The second-order valence-electron chi connectivity index (χ2n) is 12.8. The number of aliphatic hydroxyl groups excluding tert-OH is 3. The molecule has 9 unspecified atom stereocenters. The van der Waals surface area contributed by atoms with Gasteiger partial charge >= 0.3 is 0 Å². The molecule has 13 heteroatoms. The maximum atomic E-state index is 13.4. The number of hydrogen-bond acceptors (Lipinski definition) is 11. The SMILES string of the molecule is CC.CC(C)C.N/C(=C\N(N)c1ccc(F)cc1)[C@@H]1C/C=C\CC(NC(=O)C2NCC3CCCCOC32)C2OC(S1)C(O)C(O)C2O. The molecule has 10 atom stereocenters. The van der Waals surface area contributed by atoms with Gasteiger partial charge in [-0.25, -0.2) is 10.2 Å². The van der Waals surface area contributed by atoms with Crippen molar-refractivity contribution in [1.82, 2.24) is 10.6 Å². The van der Waals surface area contributed by atoms with Gasteiger partial charge in [-0.3, -0.25) is 9.80 Å². The number of benzene rings is 1. The monoisotopic (exact) mass is 681 g/mol. The molecule has 3 fully saturated rings. The molecule has 9 N–H and O–H groups in total. The number of rotatable bonds is 5. The van der Waals surface area contributed by atoms with Crippen molar-refractivity contribution in [1.29, 1.82) is 0 Å². The number of nitrogens with two attached hydrogens (primary N) is 2. The van der Waals surface area contributed by atoms with E-state index >= 15 is 0 Å². The number of fused-ring (bicyclic) bond motifs is 3. The molecule has 4 aliphatic heterocycles. The summed E-state index contributed by atoms with van der Waals surface area (Å²) in [7, 11) is 0. The lowest BCUT2D eigenvalue weighted by atomic mass is 9.92. The first-order valence-corrected chi connectivity index (χ1v) is 17.8. The summed E-state index contributed by atoms with van der Waals surface area (Å²) in [6.07, 6.45) is 3.62. The number of ether oxygens (including phenoxy) is 2. The van der Waals surface area contributed by atoms with E-state index in [9.17, 15) is 24.5 Å². The molecule has 0 spiro atoms. The first-order chi connectivity index (χ1) is 22.5. The first-order valence-electron chi connectivity index (χ1n) is 16.9. The Bertz CT molecular complexity index is 1160. The van der Waals surface area contributed by atoms with Crippen LogP contribution in [0.4, 0.5) is 10.1 Å². The lowest BCUT2D eigenvalue weighted by Crippen LogP contribution is -2.64. The Morgan fingerprint density at radius 3 is 2.40 bits per heavy atom. The molecule has 3 saturated heterocycles. The molecule has 0 aliphatic carbocycles. The Kier molecular flexibility index (Phi) is 15.9. The number of nitrogens with zero attached hydrogens (tertiary/aromatic N) is 1. The molecule has 1 aromatic carbocycles. The normalized spacial score (nSPS) is 34.7. The summed E-state index contributed by atoms with van der Waals surface area (Å²) in [4.78, 5) is 13.4. The topological polar surface area (TPSA) is 176 Å². The molecule has 5 rings (SSSR count). The Balaban J connectivity index is 0.000000930. The number of amides is 1. The van der Waals surface area contributed by atoms with E-state index in [0.29, 0.717) is 37.4 Å². The number of hydrazine groups is 1. The molecule has 47 heavy (non-hydrogen) atoms. The minimum absolute atomic E-state index is 0.215. The van der Waals surface area contributed by atoms with Crippen LogP contribution in [0.15, 0.2) is 48.3 Å². The van der Waals surface area contributed by atoms with E-state index < -0.39 is 47.2 Å². The van der Waals surface area contributed by atoms with Gasteiger partial charge in [0.15, 0.2) is 0 Å². The van der Waals surface area contributed by atoms with Gasteiger partial charge in [0.05, 0.1) is 23.1 Å². The van der Waals surface area contributed by atoms with E-state index in [4.69, 9.17) is 21.1 Å². The highest BCUT2D eigenvalue weighted by molar-refractivity contribution is 8.00. The van der Waals surface area contributed by atoms with Gasteiger partial charge in [-0.2, -0.15) is 0 Å². The van der Waals surface area contributed by atoms with Crippen molar-refractivity contribution in [2.45, 2.75) is 120 Å². The van der Waals surface area contributed by atoms with Gasteiger partial charge < -0.3 is 41.2 Å². The minimum atomic E-state index is -1.50. The average molecular weight is 682 g/mol. The molecule has 1 aromatic rings. The largest absolute Gasteiger partial charge is 0.400 e. The predicted molar refractivity (Wildman–Crippen MR) is 184 cm³/mol. The summed E-state index contributed by atoms with van der Waals surface area (Å²) in [6, 6.07) is 4.45. The fourth-order valence-corrected chi connectivity index (χ4v) is 7.22. The van der Waals surface area contributed by atoms with Crippen LogP contribution in [0, 0.1) is 17.7 Å². The van der Waals surface area contributed by atoms with Crippen LogP contribution in [0.3, 0.4) is 0 Å². The zero-order chi connectivity index (χ0) is 34.7. The Morgan fingerprint density at radius 1 is 1.06 bits per heavy atom. The molecule has 1 amide bonds. The fourth-order valence-electron chi connectivity index (χ4n) is 5.94. The van der Waals surface area contributed by atoms with Crippen LogP contribution < -0.4 is 27.2 Å². The van der Waals surface area contributed by atoms with E-state index in [1.54, 1.807) is 0 Å². The number of hydrogen-bond donors (Lipinski definition) is 7. The van der Waals surface area contributed by atoms with Crippen molar-refractivity contribution >= 4 is 23.4 Å². The van der Waals surface area contributed by atoms with Crippen LogP contribution in [0.25, 0.3) is 0 Å². The summed E-state index contributed by atoms with van der Waals surface area (Å²) in [6.45, 7) is 11.8. The third-order valence-corrected chi connectivity index (χ3v) is 9.73. The maximum Gasteiger partial charge on any atom is 0.240 e. The van der Waals surface area contributed by atoms with Crippen LogP contribution in [-0.2, 0) is 14.3 Å². The van der Waals surface area contributed by atoms with Gasteiger partial charge in [-0.05, 0) is 61.8 Å². The van der Waals surface area contributed by atoms with Gasteiger partial charge in [0.2, 0.25) is 5.91 Å². The molecule has 2 bridgehead atoms. The number of allylic oxidation sites excluding steroid dienone is 1. The number of nitrogens with one attached hydrogen (secondary N) is 2. The predicted octanol–water partition coefficient (Wildman–Crippen LogP) is 2.90. The van der Waals surface area contributed by atoms with E-state index in [-0.39, 0.29) is 23.7 Å². The molecule has 11 nitrogen and oxygen atoms in total. The van der Waals surface area contributed by atoms with Crippen LogP contribution in [0.1, 0.15) is 66.7 Å². The highest BCUT2D eigenvalue weighted by Crippen LogP contribution is 2.37. The van der Waals surface area contributed by atoms with Gasteiger partial charge in [0.25, 0.3) is 0 Å². The number of anilines is 1. The third kappa shape index (κ3) is 10.9. The second-order valence-corrected chi connectivity index (χ2v) is 14.2. The Labute approximate surface area is 283 Å². The number of carbonyl (C=O) groups excluding carboxylic acids is 1. The lowest BCUT2D eigenvalue weighted by molar-refractivity contribution is -0.205. The average Bonchev–Trinajstić information content (AvgIpc) is 3.31. The minimum Gasteiger partial charge on any atom is -0.400 e. The summed E-state index contributed by atoms with van der Waals surface area (Å²) in [5.41, 5.74) is 6.37. The molecular weight excluding hydrogens is 625 g/mol. The quantitative estimate of drug-likeness (QED) is 0.138. The van der Waals surface area contributed by atoms with Gasteiger partial charge in [0.1, 0.15) is 41.7 Å². The Morgan fingerprint density at radius 2 is 1.72 bits per heavy atom. The summed E-state index contributed by atoms with van der Waals surface area (Å²) >= 11 is 1.19. The lowest BCUT2D eigenvalue weighted by Gasteiger charge is -2.44. The van der Waals surface area contributed by atoms with Crippen LogP contribution in [0.2, 0.25) is 0 Å².